The van der Waals surface area contributed by atoms with Crippen LogP contribution in [-0.4, -0.2) is 54.8 Å². The van der Waals surface area contributed by atoms with Crippen LogP contribution in [-0.2, 0) is 4.79 Å². The molecule has 2 atom stereocenters. The second-order valence-corrected chi connectivity index (χ2v) is 7.49. The highest BCUT2D eigenvalue weighted by molar-refractivity contribution is 5.76. The lowest BCUT2D eigenvalue weighted by molar-refractivity contribution is -0.123. The number of hydrogen-bond acceptors (Lipinski definition) is 5. The fourth-order valence-electron chi connectivity index (χ4n) is 3.76. The summed E-state index contributed by atoms with van der Waals surface area (Å²) in [5.41, 5.74) is 0.748. The molecule has 1 aromatic rings. The molecule has 2 heterocycles. The fourth-order valence-corrected chi connectivity index (χ4v) is 3.76. The maximum Gasteiger partial charge on any atom is 0.220 e. The predicted molar refractivity (Wildman–Crippen MR) is 104 cm³/mol. The van der Waals surface area contributed by atoms with Crippen molar-refractivity contribution in [1.29, 1.82) is 0 Å². The molecular formula is C21H32N2O4. The van der Waals surface area contributed by atoms with Gasteiger partial charge in [0.25, 0.3) is 0 Å². The van der Waals surface area contributed by atoms with Crippen molar-refractivity contribution in [3.63, 3.8) is 0 Å². The van der Waals surface area contributed by atoms with Crippen LogP contribution in [0.25, 0.3) is 0 Å². The lowest BCUT2D eigenvalue weighted by Crippen LogP contribution is -2.46. The number of carbonyl (C=O) groups excluding carboxylic acids is 1. The van der Waals surface area contributed by atoms with E-state index in [1.165, 1.54) is 12.8 Å². The topological polar surface area (TPSA) is 71.0 Å². The molecule has 27 heavy (non-hydrogen) atoms. The monoisotopic (exact) mass is 376 g/mol. The molecule has 6 nitrogen and oxygen atoms in total. The predicted octanol–water partition coefficient (Wildman–Crippen LogP) is 2.65. The van der Waals surface area contributed by atoms with Gasteiger partial charge in [-0.25, -0.2) is 0 Å². The molecule has 0 radical (unpaired) electrons. The van der Waals surface area contributed by atoms with E-state index in [0.29, 0.717) is 37.7 Å². The third kappa shape index (κ3) is 5.59. The molecule has 1 aromatic carbocycles. The Labute approximate surface area is 161 Å². The molecule has 1 fully saturated rings. The van der Waals surface area contributed by atoms with E-state index < -0.39 is 6.10 Å². The number of likely N-dealkylation sites (tertiary alicyclic amines) is 1. The summed E-state index contributed by atoms with van der Waals surface area (Å²) in [5, 5.41) is 14.1. The first-order valence-corrected chi connectivity index (χ1v) is 10.3. The van der Waals surface area contributed by atoms with Crippen LogP contribution in [0.4, 0.5) is 0 Å². The smallest absolute Gasteiger partial charge is 0.220 e. The van der Waals surface area contributed by atoms with Crippen molar-refractivity contribution in [2.24, 2.45) is 0 Å². The number of rotatable bonds is 9. The second kappa shape index (κ2) is 9.95. The first-order chi connectivity index (χ1) is 13.2. The average Bonchev–Trinajstić information content (AvgIpc) is 3.20. The average molecular weight is 376 g/mol. The van der Waals surface area contributed by atoms with Crippen LogP contribution in [0.3, 0.4) is 0 Å². The van der Waals surface area contributed by atoms with E-state index in [4.69, 9.17) is 9.47 Å². The number of aliphatic hydroxyl groups excluding tert-OH is 1. The van der Waals surface area contributed by atoms with Crippen molar-refractivity contribution < 1.29 is 19.4 Å². The third-order valence-corrected chi connectivity index (χ3v) is 5.30. The number of ether oxygens (including phenoxy) is 2. The van der Waals surface area contributed by atoms with Gasteiger partial charge in [-0.3, -0.25) is 4.79 Å². The molecule has 6 heteroatoms. The van der Waals surface area contributed by atoms with Crippen LogP contribution in [0.5, 0.6) is 11.5 Å². The summed E-state index contributed by atoms with van der Waals surface area (Å²) < 4.78 is 11.2. The molecule has 2 aliphatic heterocycles. The van der Waals surface area contributed by atoms with Gasteiger partial charge in [-0.1, -0.05) is 25.8 Å². The number of amides is 1. The van der Waals surface area contributed by atoms with Crippen LogP contribution in [0, 0.1) is 0 Å². The molecule has 0 aliphatic carbocycles. The van der Waals surface area contributed by atoms with Gasteiger partial charge in [-0.05, 0) is 50.0 Å². The van der Waals surface area contributed by atoms with Gasteiger partial charge in [0.15, 0.2) is 11.5 Å². The van der Waals surface area contributed by atoms with Crippen LogP contribution in [0.2, 0.25) is 0 Å². The van der Waals surface area contributed by atoms with Crippen LogP contribution < -0.4 is 14.8 Å². The maximum atomic E-state index is 12.4. The molecule has 0 unspecified atom stereocenters. The van der Waals surface area contributed by atoms with Gasteiger partial charge in [0.2, 0.25) is 5.91 Å². The lowest BCUT2D eigenvalue weighted by atomic mass is 10.0. The van der Waals surface area contributed by atoms with Crippen molar-refractivity contribution in [3.05, 3.63) is 23.8 Å². The Balaban J connectivity index is 1.69. The van der Waals surface area contributed by atoms with Crippen molar-refractivity contribution in [2.45, 2.75) is 57.6 Å². The number of benzene rings is 1. The maximum absolute atomic E-state index is 12.4. The standard InChI is InChI=1S/C21H32N2O4/c1-2-3-4-7-20(24)22-17(15-23-10-5-6-11-23)21(25)16-8-9-18-19(14-16)27-13-12-26-18/h8-9,14,17,21,25H,2-7,10-13,15H2,1H3,(H,22,24)/t17-,21-/m1/s1. The number of carbonyl (C=O) groups is 1. The zero-order chi connectivity index (χ0) is 19.1. The zero-order valence-corrected chi connectivity index (χ0v) is 16.3. The molecule has 0 spiro atoms. The molecule has 0 saturated carbocycles. The van der Waals surface area contributed by atoms with Crippen molar-refractivity contribution in [2.75, 3.05) is 32.8 Å². The molecule has 2 aliphatic rings. The summed E-state index contributed by atoms with van der Waals surface area (Å²) in [6, 6.07) is 5.20. The molecule has 1 saturated heterocycles. The molecule has 1 amide bonds. The molecule has 0 bridgehead atoms. The van der Waals surface area contributed by atoms with Gasteiger partial charge in [-0.2, -0.15) is 0 Å². The van der Waals surface area contributed by atoms with Gasteiger partial charge >= 0.3 is 0 Å². The number of hydrogen-bond donors (Lipinski definition) is 2. The Kier molecular flexibility index (Phi) is 7.35. The van der Waals surface area contributed by atoms with E-state index >= 15 is 0 Å². The number of aliphatic hydroxyl groups is 1. The van der Waals surface area contributed by atoms with E-state index in [9.17, 15) is 9.90 Å². The van der Waals surface area contributed by atoms with E-state index in [1.807, 2.05) is 18.2 Å². The Morgan fingerprint density at radius 2 is 1.93 bits per heavy atom. The van der Waals surface area contributed by atoms with Gasteiger partial charge in [-0.15, -0.1) is 0 Å². The molecular weight excluding hydrogens is 344 g/mol. The zero-order valence-electron chi connectivity index (χ0n) is 16.3. The Bertz CT molecular complexity index is 616. The normalized spacial score (nSPS) is 18.9. The number of unbranched alkanes of at least 4 members (excludes halogenated alkanes) is 2. The number of fused-ring (bicyclic) bond motifs is 1. The molecule has 0 aromatic heterocycles. The van der Waals surface area contributed by atoms with E-state index in [0.717, 1.165) is 37.9 Å². The van der Waals surface area contributed by atoms with E-state index in [-0.39, 0.29) is 11.9 Å². The second-order valence-electron chi connectivity index (χ2n) is 7.49. The lowest BCUT2D eigenvalue weighted by Gasteiger charge is -2.29. The number of nitrogens with one attached hydrogen (secondary N) is 1. The Morgan fingerprint density at radius 1 is 1.19 bits per heavy atom. The summed E-state index contributed by atoms with van der Waals surface area (Å²) in [7, 11) is 0. The summed E-state index contributed by atoms with van der Waals surface area (Å²) in [5.74, 6) is 1.38. The Morgan fingerprint density at radius 3 is 2.67 bits per heavy atom. The van der Waals surface area contributed by atoms with Crippen LogP contribution >= 0.6 is 0 Å². The molecule has 2 N–H and O–H groups in total. The minimum Gasteiger partial charge on any atom is -0.486 e. The van der Waals surface area contributed by atoms with Crippen molar-refractivity contribution in [1.82, 2.24) is 10.2 Å². The van der Waals surface area contributed by atoms with Crippen molar-refractivity contribution >= 4 is 5.91 Å². The summed E-state index contributed by atoms with van der Waals surface area (Å²) in [6.45, 7) is 5.89. The van der Waals surface area contributed by atoms with Crippen molar-refractivity contribution in [3.8, 4) is 11.5 Å². The van der Waals surface area contributed by atoms with E-state index in [1.54, 1.807) is 0 Å². The number of nitrogens with zero attached hydrogens (tertiary/aromatic N) is 1. The van der Waals surface area contributed by atoms with Crippen LogP contribution in [0.15, 0.2) is 18.2 Å². The summed E-state index contributed by atoms with van der Waals surface area (Å²) in [6.07, 6.45) is 5.11. The summed E-state index contributed by atoms with van der Waals surface area (Å²) in [4.78, 5) is 14.7. The Hall–Kier alpha value is -1.79. The van der Waals surface area contributed by atoms with E-state index in [2.05, 4.69) is 17.1 Å². The highest BCUT2D eigenvalue weighted by atomic mass is 16.6. The largest absolute Gasteiger partial charge is 0.486 e. The van der Waals surface area contributed by atoms with Crippen LogP contribution in [0.1, 0.15) is 57.1 Å². The van der Waals surface area contributed by atoms with Gasteiger partial charge in [0.05, 0.1) is 6.04 Å². The summed E-state index contributed by atoms with van der Waals surface area (Å²) >= 11 is 0. The fraction of sp³-hybridized carbons (Fsp3) is 0.667. The quantitative estimate of drug-likeness (QED) is 0.649. The molecule has 3 rings (SSSR count). The van der Waals surface area contributed by atoms with Gasteiger partial charge < -0.3 is 24.8 Å². The SMILES string of the molecule is CCCCCC(=O)N[C@H](CN1CCCC1)[C@H](O)c1ccc2c(c1)OCCO2. The first-order valence-electron chi connectivity index (χ1n) is 10.3. The van der Waals surface area contributed by atoms with Gasteiger partial charge in [0, 0.05) is 13.0 Å². The first kappa shape index (κ1) is 20.0. The third-order valence-electron chi connectivity index (χ3n) is 5.30. The minimum atomic E-state index is -0.781. The highest BCUT2D eigenvalue weighted by Crippen LogP contribution is 2.33. The minimum absolute atomic E-state index is 0.0178. The molecule has 150 valence electrons. The van der Waals surface area contributed by atoms with Gasteiger partial charge in [0.1, 0.15) is 19.3 Å². The highest BCUT2D eigenvalue weighted by Gasteiger charge is 2.27.